The lowest BCUT2D eigenvalue weighted by Crippen LogP contribution is -2.19. The maximum absolute atomic E-state index is 12.7. The Bertz CT molecular complexity index is 1110. The van der Waals surface area contributed by atoms with Gasteiger partial charge in [-0.2, -0.15) is 0 Å². The van der Waals surface area contributed by atoms with E-state index >= 15 is 0 Å². The maximum atomic E-state index is 12.7. The van der Waals surface area contributed by atoms with Crippen molar-refractivity contribution >= 4 is 50.5 Å². The largest absolute Gasteiger partial charge is 0.319 e. The summed E-state index contributed by atoms with van der Waals surface area (Å²) in [4.78, 5) is 12.8. The lowest BCUT2D eigenvalue weighted by Gasteiger charge is -2.14. The van der Waals surface area contributed by atoms with E-state index < -0.39 is 15.9 Å². The molecule has 28 heavy (non-hydrogen) atoms. The Hall–Kier alpha value is -2.54. The van der Waals surface area contributed by atoms with E-state index in [-0.39, 0.29) is 31.9 Å². The van der Waals surface area contributed by atoms with Crippen molar-refractivity contribution in [3.8, 4) is 0 Å². The van der Waals surface area contributed by atoms with Crippen molar-refractivity contribution < 1.29 is 13.2 Å². The molecular formula is C20H16Cl2N2O3S. The molecular weight excluding hydrogens is 419 g/mol. The predicted octanol–water partition coefficient (Wildman–Crippen LogP) is 5.35. The van der Waals surface area contributed by atoms with E-state index in [9.17, 15) is 13.2 Å². The van der Waals surface area contributed by atoms with Gasteiger partial charge in [0, 0.05) is 0 Å². The molecule has 3 aromatic rings. The van der Waals surface area contributed by atoms with E-state index in [2.05, 4.69) is 10.0 Å². The zero-order valence-corrected chi connectivity index (χ0v) is 17.1. The Morgan fingerprint density at radius 3 is 2.11 bits per heavy atom. The average Bonchev–Trinajstić information content (AvgIpc) is 2.65. The lowest BCUT2D eigenvalue weighted by atomic mass is 10.1. The standard InChI is InChI=1S/C20H16Cl2N2O3S/c1-13-9-11-14(12-10-13)28(26,27)24-18-8-3-2-5-15(18)20(25)23-19-16(21)6-4-7-17(19)22/h2-12,24H,1H3,(H,23,25). The number of aryl methyl sites for hydroxylation is 1. The number of hydrogen-bond donors (Lipinski definition) is 2. The minimum absolute atomic E-state index is 0.0995. The van der Waals surface area contributed by atoms with Gasteiger partial charge in [0.15, 0.2) is 0 Å². The minimum atomic E-state index is -3.86. The average molecular weight is 435 g/mol. The van der Waals surface area contributed by atoms with Crippen LogP contribution in [0.15, 0.2) is 71.6 Å². The van der Waals surface area contributed by atoms with Gasteiger partial charge in [-0.25, -0.2) is 8.42 Å². The van der Waals surface area contributed by atoms with Crippen LogP contribution in [0.25, 0.3) is 0 Å². The number of sulfonamides is 1. The van der Waals surface area contributed by atoms with Crippen molar-refractivity contribution in [3.05, 3.63) is 87.9 Å². The van der Waals surface area contributed by atoms with Gasteiger partial charge in [0.05, 0.1) is 31.9 Å². The topological polar surface area (TPSA) is 75.3 Å². The molecule has 0 aliphatic heterocycles. The summed E-state index contributed by atoms with van der Waals surface area (Å²) >= 11 is 12.2. The number of hydrogen-bond acceptors (Lipinski definition) is 3. The quantitative estimate of drug-likeness (QED) is 0.567. The van der Waals surface area contributed by atoms with E-state index in [1.54, 1.807) is 42.5 Å². The monoisotopic (exact) mass is 434 g/mol. The van der Waals surface area contributed by atoms with E-state index in [1.807, 2.05) is 6.92 Å². The second kappa shape index (κ2) is 8.22. The van der Waals surface area contributed by atoms with Crippen molar-refractivity contribution in [3.63, 3.8) is 0 Å². The molecule has 0 aliphatic carbocycles. The number of rotatable bonds is 5. The molecule has 5 nitrogen and oxygen atoms in total. The van der Waals surface area contributed by atoms with E-state index in [0.29, 0.717) is 0 Å². The number of anilines is 2. The summed E-state index contributed by atoms with van der Waals surface area (Å²) in [5.41, 5.74) is 1.47. The molecule has 0 radical (unpaired) electrons. The summed E-state index contributed by atoms with van der Waals surface area (Å²) in [6.45, 7) is 1.86. The molecule has 0 fully saturated rings. The van der Waals surface area contributed by atoms with Gasteiger partial charge in [-0.05, 0) is 43.3 Å². The second-order valence-corrected chi connectivity index (χ2v) is 8.51. The Morgan fingerprint density at radius 2 is 1.46 bits per heavy atom. The Morgan fingerprint density at radius 1 is 0.857 bits per heavy atom. The van der Waals surface area contributed by atoms with E-state index in [1.165, 1.54) is 24.3 Å². The van der Waals surface area contributed by atoms with Crippen LogP contribution in [0.5, 0.6) is 0 Å². The maximum Gasteiger partial charge on any atom is 0.261 e. The van der Waals surface area contributed by atoms with Crippen LogP contribution in [0.3, 0.4) is 0 Å². The highest BCUT2D eigenvalue weighted by molar-refractivity contribution is 7.92. The molecule has 0 saturated heterocycles. The van der Waals surface area contributed by atoms with Crippen LogP contribution in [-0.2, 0) is 10.0 Å². The van der Waals surface area contributed by atoms with Gasteiger partial charge < -0.3 is 5.32 Å². The third kappa shape index (κ3) is 4.47. The molecule has 0 bridgehead atoms. The first-order valence-corrected chi connectivity index (χ1v) is 10.5. The summed E-state index contributed by atoms with van der Waals surface area (Å²) in [6.07, 6.45) is 0. The number of carbonyl (C=O) groups excluding carboxylic acids is 1. The smallest absolute Gasteiger partial charge is 0.261 e. The van der Waals surface area contributed by atoms with Crippen LogP contribution in [0.1, 0.15) is 15.9 Å². The third-order valence-electron chi connectivity index (χ3n) is 3.95. The number of benzene rings is 3. The molecule has 144 valence electrons. The van der Waals surface area contributed by atoms with Gasteiger partial charge in [0.2, 0.25) is 0 Å². The van der Waals surface area contributed by atoms with Crippen LogP contribution in [0.4, 0.5) is 11.4 Å². The molecule has 0 saturated carbocycles. The Balaban J connectivity index is 1.91. The van der Waals surface area contributed by atoms with Gasteiger partial charge >= 0.3 is 0 Å². The Kier molecular flexibility index (Phi) is 5.93. The number of carbonyl (C=O) groups is 1. The van der Waals surface area contributed by atoms with Crippen LogP contribution in [0.2, 0.25) is 10.0 Å². The molecule has 0 unspecified atom stereocenters. The minimum Gasteiger partial charge on any atom is -0.319 e. The fourth-order valence-electron chi connectivity index (χ4n) is 2.49. The summed E-state index contributed by atoms with van der Waals surface area (Å²) in [7, 11) is -3.86. The normalized spacial score (nSPS) is 11.1. The molecule has 3 aromatic carbocycles. The van der Waals surface area contributed by atoms with Gasteiger partial charge in [-0.15, -0.1) is 0 Å². The van der Waals surface area contributed by atoms with Gasteiger partial charge in [0.1, 0.15) is 0 Å². The van der Waals surface area contributed by atoms with Crippen molar-refractivity contribution in [1.29, 1.82) is 0 Å². The molecule has 0 heterocycles. The number of para-hydroxylation sites is 2. The van der Waals surface area contributed by atoms with Gasteiger partial charge in [-0.1, -0.05) is 59.1 Å². The first-order chi connectivity index (χ1) is 13.3. The summed E-state index contributed by atoms with van der Waals surface area (Å²) in [5, 5.41) is 3.18. The molecule has 0 aliphatic rings. The first-order valence-electron chi connectivity index (χ1n) is 8.22. The fourth-order valence-corrected chi connectivity index (χ4v) is 4.06. The SMILES string of the molecule is Cc1ccc(S(=O)(=O)Nc2ccccc2C(=O)Nc2c(Cl)cccc2Cl)cc1. The van der Waals surface area contributed by atoms with Crippen molar-refractivity contribution in [2.45, 2.75) is 11.8 Å². The summed E-state index contributed by atoms with van der Waals surface area (Å²) < 4.78 is 27.8. The highest BCUT2D eigenvalue weighted by Gasteiger charge is 2.19. The van der Waals surface area contributed by atoms with Crippen LogP contribution in [-0.4, -0.2) is 14.3 Å². The predicted molar refractivity (Wildman–Crippen MR) is 113 cm³/mol. The van der Waals surface area contributed by atoms with Crippen LogP contribution in [0, 0.1) is 6.92 Å². The summed E-state index contributed by atoms with van der Waals surface area (Å²) in [6, 6.07) is 17.5. The van der Waals surface area contributed by atoms with E-state index in [4.69, 9.17) is 23.2 Å². The molecule has 1 amide bonds. The number of amides is 1. The number of nitrogens with one attached hydrogen (secondary N) is 2. The molecule has 2 N–H and O–H groups in total. The first kappa shape index (κ1) is 20.2. The Labute approximate surface area is 173 Å². The van der Waals surface area contributed by atoms with E-state index in [0.717, 1.165) is 5.56 Å². The zero-order chi connectivity index (χ0) is 20.3. The van der Waals surface area contributed by atoms with Crippen molar-refractivity contribution in [2.75, 3.05) is 10.0 Å². The van der Waals surface area contributed by atoms with Gasteiger partial charge in [0.25, 0.3) is 15.9 Å². The van der Waals surface area contributed by atoms with Crippen molar-refractivity contribution in [2.24, 2.45) is 0 Å². The molecule has 0 atom stereocenters. The fraction of sp³-hybridized carbons (Fsp3) is 0.0500. The molecule has 0 spiro atoms. The van der Waals surface area contributed by atoms with Gasteiger partial charge in [-0.3, -0.25) is 9.52 Å². The highest BCUT2D eigenvalue weighted by atomic mass is 35.5. The molecule has 3 rings (SSSR count). The van der Waals surface area contributed by atoms with Crippen molar-refractivity contribution in [1.82, 2.24) is 0 Å². The lowest BCUT2D eigenvalue weighted by molar-refractivity contribution is 0.102. The van der Waals surface area contributed by atoms with Crippen LogP contribution >= 0.6 is 23.2 Å². The van der Waals surface area contributed by atoms with Crippen LogP contribution < -0.4 is 10.0 Å². The highest BCUT2D eigenvalue weighted by Crippen LogP contribution is 2.31. The number of halogens is 2. The molecule has 8 heteroatoms. The second-order valence-electron chi connectivity index (χ2n) is 6.01. The third-order valence-corrected chi connectivity index (χ3v) is 5.96. The summed E-state index contributed by atoms with van der Waals surface area (Å²) in [5.74, 6) is -0.544. The molecule has 0 aromatic heterocycles. The zero-order valence-electron chi connectivity index (χ0n) is 14.7.